The van der Waals surface area contributed by atoms with Gasteiger partial charge in [0.05, 0.1) is 17.7 Å². The molecule has 0 saturated carbocycles. The van der Waals surface area contributed by atoms with Crippen LogP contribution >= 0.6 is 0 Å². The number of anilines is 1. The van der Waals surface area contributed by atoms with Gasteiger partial charge in [-0.1, -0.05) is 26.0 Å². The fourth-order valence-corrected chi connectivity index (χ4v) is 3.07. The number of sulfonamides is 1. The molecule has 0 aliphatic heterocycles. The third-order valence-electron chi connectivity index (χ3n) is 3.92. The maximum absolute atomic E-state index is 12.3. The summed E-state index contributed by atoms with van der Waals surface area (Å²) >= 11 is 0. The molecule has 2 aromatic carbocycles. The fraction of sp³-hybridized carbons (Fsp3) is 0.316. The SMILES string of the molecule is COc1ccc(S(N)(=O)=O)cc1NC(=O)COc1cc(C)ccc1C(C)C. The number of aryl methyl sites for hydroxylation is 1. The number of nitrogens with two attached hydrogens (primary N) is 1. The molecule has 8 heteroatoms. The van der Waals surface area contributed by atoms with E-state index >= 15 is 0 Å². The zero-order valence-electron chi connectivity index (χ0n) is 15.8. The number of hydrogen-bond donors (Lipinski definition) is 2. The van der Waals surface area contributed by atoms with Crippen LogP contribution in [0.2, 0.25) is 0 Å². The average Bonchev–Trinajstić information content (AvgIpc) is 2.59. The summed E-state index contributed by atoms with van der Waals surface area (Å²) in [5.74, 6) is 0.755. The Morgan fingerprint density at radius 3 is 2.44 bits per heavy atom. The molecule has 146 valence electrons. The van der Waals surface area contributed by atoms with Crippen molar-refractivity contribution in [3.63, 3.8) is 0 Å². The molecule has 7 nitrogen and oxygen atoms in total. The number of hydrogen-bond acceptors (Lipinski definition) is 5. The highest BCUT2D eigenvalue weighted by Crippen LogP contribution is 2.29. The van der Waals surface area contributed by atoms with Gasteiger partial charge in [-0.2, -0.15) is 0 Å². The van der Waals surface area contributed by atoms with E-state index in [9.17, 15) is 13.2 Å². The number of amides is 1. The van der Waals surface area contributed by atoms with Crippen LogP contribution in [0.1, 0.15) is 30.9 Å². The molecule has 0 aliphatic rings. The second kappa shape index (κ2) is 8.41. The number of carbonyl (C=O) groups is 1. The molecule has 0 saturated heterocycles. The van der Waals surface area contributed by atoms with Gasteiger partial charge in [0.1, 0.15) is 11.5 Å². The molecule has 1 amide bonds. The van der Waals surface area contributed by atoms with Gasteiger partial charge in [0.2, 0.25) is 10.0 Å². The minimum atomic E-state index is -3.90. The topological polar surface area (TPSA) is 108 Å². The fourth-order valence-electron chi connectivity index (χ4n) is 2.53. The summed E-state index contributed by atoms with van der Waals surface area (Å²) in [6.45, 7) is 5.80. The third-order valence-corrected chi connectivity index (χ3v) is 4.83. The first-order chi connectivity index (χ1) is 12.6. The highest BCUT2D eigenvalue weighted by molar-refractivity contribution is 7.89. The first-order valence-corrected chi connectivity index (χ1v) is 9.90. The second-order valence-electron chi connectivity index (χ2n) is 6.44. The molecular formula is C19H24N2O5S. The van der Waals surface area contributed by atoms with Crippen LogP contribution in [0.5, 0.6) is 11.5 Å². The van der Waals surface area contributed by atoms with Crippen molar-refractivity contribution in [1.82, 2.24) is 0 Å². The van der Waals surface area contributed by atoms with Gasteiger partial charge >= 0.3 is 0 Å². The summed E-state index contributed by atoms with van der Waals surface area (Å²) in [6, 6.07) is 9.83. The number of benzene rings is 2. The van der Waals surface area contributed by atoms with Gasteiger partial charge in [0.25, 0.3) is 5.91 Å². The van der Waals surface area contributed by atoms with E-state index in [1.165, 1.54) is 25.3 Å². The monoisotopic (exact) mass is 392 g/mol. The average molecular weight is 392 g/mol. The Morgan fingerprint density at radius 2 is 1.85 bits per heavy atom. The molecule has 2 rings (SSSR count). The Bertz CT molecular complexity index is 939. The molecule has 0 fully saturated rings. The predicted molar refractivity (Wildman–Crippen MR) is 104 cm³/mol. The summed E-state index contributed by atoms with van der Waals surface area (Å²) < 4.78 is 33.9. The van der Waals surface area contributed by atoms with Crippen LogP contribution in [0.4, 0.5) is 5.69 Å². The number of nitrogens with one attached hydrogen (secondary N) is 1. The number of carbonyl (C=O) groups excluding carboxylic acids is 1. The van der Waals surface area contributed by atoms with Crippen molar-refractivity contribution >= 4 is 21.6 Å². The largest absolute Gasteiger partial charge is 0.495 e. The smallest absolute Gasteiger partial charge is 0.262 e. The van der Waals surface area contributed by atoms with Crippen molar-refractivity contribution in [2.75, 3.05) is 19.0 Å². The van der Waals surface area contributed by atoms with Gasteiger partial charge in [-0.15, -0.1) is 0 Å². The number of primary sulfonamides is 1. The summed E-state index contributed by atoms with van der Waals surface area (Å²) in [5, 5.41) is 7.73. The van der Waals surface area contributed by atoms with Gasteiger partial charge in [-0.25, -0.2) is 13.6 Å². The van der Waals surface area contributed by atoms with E-state index in [2.05, 4.69) is 5.32 Å². The minimum Gasteiger partial charge on any atom is -0.495 e. The Morgan fingerprint density at radius 1 is 1.15 bits per heavy atom. The number of rotatable bonds is 7. The van der Waals surface area contributed by atoms with Crippen molar-refractivity contribution in [3.8, 4) is 11.5 Å². The standard InChI is InChI=1S/C19H24N2O5S/c1-12(2)15-7-5-13(3)9-18(15)26-11-19(22)21-16-10-14(27(20,23)24)6-8-17(16)25-4/h5-10,12H,11H2,1-4H3,(H,21,22)(H2,20,23,24). The molecule has 0 radical (unpaired) electrons. The first kappa shape index (κ1) is 20.7. The van der Waals surface area contributed by atoms with Crippen LogP contribution in [0, 0.1) is 6.92 Å². The third kappa shape index (κ3) is 5.45. The highest BCUT2D eigenvalue weighted by atomic mass is 32.2. The normalized spacial score (nSPS) is 11.3. The van der Waals surface area contributed by atoms with E-state index in [1.54, 1.807) is 0 Å². The molecule has 0 bridgehead atoms. The lowest BCUT2D eigenvalue weighted by atomic mass is 10.0. The van der Waals surface area contributed by atoms with E-state index < -0.39 is 15.9 Å². The quantitative estimate of drug-likeness (QED) is 0.753. The number of ether oxygens (including phenoxy) is 2. The zero-order chi connectivity index (χ0) is 20.2. The van der Waals surface area contributed by atoms with Gasteiger partial charge in [-0.05, 0) is 48.2 Å². The Hall–Kier alpha value is -2.58. The maximum Gasteiger partial charge on any atom is 0.262 e. The molecule has 0 heterocycles. The van der Waals surface area contributed by atoms with Gasteiger partial charge in [-0.3, -0.25) is 4.79 Å². The molecule has 0 spiro atoms. The molecule has 0 atom stereocenters. The maximum atomic E-state index is 12.3. The van der Waals surface area contributed by atoms with Crippen molar-refractivity contribution in [2.24, 2.45) is 5.14 Å². The molecule has 2 aromatic rings. The lowest BCUT2D eigenvalue weighted by molar-refractivity contribution is -0.118. The van der Waals surface area contributed by atoms with E-state index in [4.69, 9.17) is 14.6 Å². The lowest BCUT2D eigenvalue weighted by Crippen LogP contribution is -2.21. The molecular weight excluding hydrogens is 368 g/mol. The number of methoxy groups -OCH3 is 1. The molecule has 27 heavy (non-hydrogen) atoms. The van der Waals surface area contributed by atoms with E-state index in [-0.39, 0.29) is 23.1 Å². The zero-order valence-corrected chi connectivity index (χ0v) is 16.6. The Kier molecular flexibility index (Phi) is 6.45. The van der Waals surface area contributed by atoms with Crippen molar-refractivity contribution in [2.45, 2.75) is 31.6 Å². The summed E-state index contributed by atoms with van der Waals surface area (Å²) in [7, 11) is -2.48. The Labute approximate surface area is 159 Å². The van der Waals surface area contributed by atoms with Crippen molar-refractivity contribution in [3.05, 3.63) is 47.5 Å². The molecule has 0 aromatic heterocycles. The summed E-state index contributed by atoms with van der Waals surface area (Å²) in [4.78, 5) is 12.2. The van der Waals surface area contributed by atoms with Gasteiger partial charge < -0.3 is 14.8 Å². The van der Waals surface area contributed by atoms with Crippen LogP contribution in [0.15, 0.2) is 41.3 Å². The van der Waals surface area contributed by atoms with Crippen LogP contribution in [0.3, 0.4) is 0 Å². The predicted octanol–water partition coefficient (Wildman–Crippen LogP) is 2.79. The van der Waals surface area contributed by atoms with E-state index in [0.717, 1.165) is 11.1 Å². The van der Waals surface area contributed by atoms with Crippen LogP contribution in [-0.4, -0.2) is 28.0 Å². The molecule has 0 aliphatic carbocycles. The van der Waals surface area contributed by atoms with Gasteiger partial charge in [0, 0.05) is 0 Å². The van der Waals surface area contributed by atoms with Crippen molar-refractivity contribution in [1.29, 1.82) is 0 Å². The summed E-state index contributed by atoms with van der Waals surface area (Å²) in [5.41, 5.74) is 2.23. The first-order valence-electron chi connectivity index (χ1n) is 8.36. The van der Waals surface area contributed by atoms with Crippen molar-refractivity contribution < 1.29 is 22.7 Å². The van der Waals surface area contributed by atoms with Crippen LogP contribution in [0.25, 0.3) is 0 Å². The minimum absolute atomic E-state index is 0.125. The van der Waals surface area contributed by atoms with E-state index in [0.29, 0.717) is 11.5 Å². The lowest BCUT2D eigenvalue weighted by Gasteiger charge is -2.15. The van der Waals surface area contributed by atoms with Gasteiger partial charge in [0.15, 0.2) is 6.61 Å². The molecule has 0 unspecified atom stereocenters. The van der Waals surface area contributed by atoms with Crippen LogP contribution in [-0.2, 0) is 14.8 Å². The Balaban J connectivity index is 2.16. The molecule has 3 N–H and O–H groups in total. The van der Waals surface area contributed by atoms with Crippen LogP contribution < -0.4 is 19.9 Å². The summed E-state index contributed by atoms with van der Waals surface area (Å²) in [6.07, 6.45) is 0. The highest BCUT2D eigenvalue weighted by Gasteiger charge is 2.15. The van der Waals surface area contributed by atoms with E-state index in [1.807, 2.05) is 39.0 Å². The second-order valence-corrected chi connectivity index (χ2v) is 8.00.